The van der Waals surface area contributed by atoms with Gasteiger partial charge in [0.25, 0.3) is 0 Å². The Kier molecular flexibility index (Phi) is 3.91. The Labute approximate surface area is 100 Å². The predicted octanol–water partition coefficient (Wildman–Crippen LogP) is 3.11. The number of nitrogens with one attached hydrogen (secondary N) is 1. The lowest BCUT2D eigenvalue weighted by molar-refractivity contribution is -0.153. The highest BCUT2D eigenvalue weighted by atomic mass is 16.5. The van der Waals surface area contributed by atoms with Gasteiger partial charge in [-0.1, -0.05) is 40.0 Å². The quantitative estimate of drug-likeness (QED) is 0.794. The monoisotopic (exact) mass is 225 g/mol. The van der Waals surface area contributed by atoms with Crippen LogP contribution in [0.2, 0.25) is 0 Å². The first-order valence-electron chi connectivity index (χ1n) is 7.03. The second kappa shape index (κ2) is 5.05. The molecule has 0 amide bonds. The average Bonchev–Trinajstić information content (AvgIpc) is 2.29. The predicted molar refractivity (Wildman–Crippen MR) is 67.6 cm³/mol. The van der Waals surface area contributed by atoms with Crippen LogP contribution in [0, 0.1) is 5.41 Å². The third-order valence-corrected chi connectivity index (χ3v) is 4.54. The van der Waals surface area contributed by atoms with E-state index in [1.807, 2.05) is 0 Å². The number of rotatable bonds is 4. The molecule has 2 heteroatoms. The minimum Gasteiger partial charge on any atom is -0.374 e. The molecule has 0 heterocycles. The molecule has 2 saturated carbocycles. The Bertz CT molecular complexity index is 221. The molecule has 16 heavy (non-hydrogen) atoms. The molecule has 2 aliphatic rings. The SMILES string of the molecule is CCNC1CC(OC2CCCCC2)C1(C)C. The van der Waals surface area contributed by atoms with Gasteiger partial charge in [-0.3, -0.25) is 0 Å². The summed E-state index contributed by atoms with van der Waals surface area (Å²) in [6.45, 7) is 7.95. The van der Waals surface area contributed by atoms with Gasteiger partial charge in [-0.25, -0.2) is 0 Å². The maximum Gasteiger partial charge on any atom is 0.0659 e. The minimum absolute atomic E-state index is 0.327. The van der Waals surface area contributed by atoms with Gasteiger partial charge in [-0.05, 0) is 25.8 Å². The van der Waals surface area contributed by atoms with Crippen LogP contribution in [0.4, 0.5) is 0 Å². The van der Waals surface area contributed by atoms with Gasteiger partial charge >= 0.3 is 0 Å². The molecule has 2 aliphatic carbocycles. The van der Waals surface area contributed by atoms with E-state index in [0.29, 0.717) is 23.7 Å². The van der Waals surface area contributed by atoms with Crippen molar-refractivity contribution in [3.8, 4) is 0 Å². The summed E-state index contributed by atoms with van der Waals surface area (Å²) in [6.07, 6.45) is 8.98. The van der Waals surface area contributed by atoms with Crippen molar-refractivity contribution in [3.05, 3.63) is 0 Å². The fourth-order valence-electron chi connectivity index (χ4n) is 3.14. The molecule has 0 aromatic heterocycles. The summed E-state index contributed by atoms with van der Waals surface area (Å²) < 4.78 is 6.28. The van der Waals surface area contributed by atoms with E-state index in [1.165, 1.54) is 38.5 Å². The average molecular weight is 225 g/mol. The third-order valence-electron chi connectivity index (χ3n) is 4.54. The van der Waals surface area contributed by atoms with Gasteiger partial charge in [-0.2, -0.15) is 0 Å². The summed E-state index contributed by atoms with van der Waals surface area (Å²) in [6, 6.07) is 0.658. The first kappa shape index (κ1) is 12.4. The van der Waals surface area contributed by atoms with Gasteiger partial charge in [-0.15, -0.1) is 0 Å². The molecular formula is C14H27NO. The fourth-order valence-corrected chi connectivity index (χ4v) is 3.14. The Morgan fingerprint density at radius 1 is 1.19 bits per heavy atom. The van der Waals surface area contributed by atoms with E-state index in [4.69, 9.17) is 4.74 Å². The zero-order valence-electron chi connectivity index (χ0n) is 11.1. The molecule has 94 valence electrons. The molecule has 2 fully saturated rings. The minimum atomic E-state index is 0.327. The molecule has 0 aromatic carbocycles. The van der Waals surface area contributed by atoms with Crippen molar-refractivity contribution in [3.63, 3.8) is 0 Å². The summed E-state index contributed by atoms with van der Waals surface area (Å²) in [4.78, 5) is 0. The number of ether oxygens (including phenoxy) is 1. The standard InChI is InChI=1S/C14H27NO/c1-4-15-12-10-13(14(12,2)3)16-11-8-6-5-7-9-11/h11-13,15H,4-10H2,1-3H3. The van der Waals surface area contributed by atoms with Crippen LogP contribution < -0.4 is 5.32 Å². The van der Waals surface area contributed by atoms with E-state index >= 15 is 0 Å². The second-order valence-electron chi connectivity index (χ2n) is 6.05. The Morgan fingerprint density at radius 3 is 2.44 bits per heavy atom. The van der Waals surface area contributed by atoms with Crippen molar-refractivity contribution in [1.29, 1.82) is 0 Å². The Hall–Kier alpha value is -0.0800. The van der Waals surface area contributed by atoms with Crippen molar-refractivity contribution < 1.29 is 4.74 Å². The van der Waals surface area contributed by atoms with Crippen molar-refractivity contribution in [1.82, 2.24) is 5.32 Å². The highest BCUT2D eigenvalue weighted by molar-refractivity contribution is 5.03. The molecule has 0 aliphatic heterocycles. The van der Waals surface area contributed by atoms with Crippen LogP contribution >= 0.6 is 0 Å². The van der Waals surface area contributed by atoms with E-state index in [1.54, 1.807) is 0 Å². The van der Waals surface area contributed by atoms with Crippen LogP contribution in [0.15, 0.2) is 0 Å². The van der Waals surface area contributed by atoms with Crippen molar-refractivity contribution in [2.45, 2.75) is 77.5 Å². The van der Waals surface area contributed by atoms with Crippen LogP contribution in [-0.4, -0.2) is 24.8 Å². The van der Waals surface area contributed by atoms with Gasteiger partial charge in [0.1, 0.15) is 0 Å². The maximum atomic E-state index is 6.28. The van der Waals surface area contributed by atoms with Crippen LogP contribution in [0.5, 0.6) is 0 Å². The molecule has 0 saturated heterocycles. The zero-order valence-corrected chi connectivity index (χ0v) is 11.1. The lowest BCUT2D eigenvalue weighted by atomic mass is 9.64. The first-order valence-corrected chi connectivity index (χ1v) is 7.03. The summed E-state index contributed by atoms with van der Waals surface area (Å²) in [5.41, 5.74) is 0.327. The molecular weight excluding hydrogens is 198 g/mol. The molecule has 0 radical (unpaired) electrons. The summed E-state index contributed by atoms with van der Waals surface area (Å²) in [7, 11) is 0. The second-order valence-corrected chi connectivity index (χ2v) is 6.05. The van der Waals surface area contributed by atoms with Crippen LogP contribution in [0.3, 0.4) is 0 Å². The van der Waals surface area contributed by atoms with Crippen LogP contribution in [-0.2, 0) is 4.74 Å². The summed E-state index contributed by atoms with van der Waals surface area (Å²) in [5, 5.41) is 3.56. The van der Waals surface area contributed by atoms with E-state index in [2.05, 4.69) is 26.1 Å². The molecule has 2 nitrogen and oxygen atoms in total. The smallest absolute Gasteiger partial charge is 0.0659 e. The number of hydrogen-bond acceptors (Lipinski definition) is 2. The van der Waals surface area contributed by atoms with Crippen molar-refractivity contribution >= 4 is 0 Å². The molecule has 0 bridgehead atoms. The van der Waals surface area contributed by atoms with Gasteiger partial charge in [0.2, 0.25) is 0 Å². The normalized spacial score (nSPS) is 34.7. The van der Waals surface area contributed by atoms with E-state index in [0.717, 1.165) is 6.54 Å². The molecule has 2 unspecified atom stereocenters. The molecule has 1 N–H and O–H groups in total. The number of hydrogen-bond donors (Lipinski definition) is 1. The van der Waals surface area contributed by atoms with E-state index in [-0.39, 0.29) is 0 Å². The Balaban J connectivity index is 1.79. The van der Waals surface area contributed by atoms with Crippen molar-refractivity contribution in [2.75, 3.05) is 6.54 Å². The van der Waals surface area contributed by atoms with E-state index in [9.17, 15) is 0 Å². The highest BCUT2D eigenvalue weighted by Crippen LogP contribution is 2.44. The van der Waals surface area contributed by atoms with Gasteiger partial charge in [0.15, 0.2) is 0 Å². The lowest BCUT2D eigenvalue weighted by Crippen LogP contribution is -2.61. The largest absolute Gasteiger partial charge is 0.374 e. The van der Waals surface area contributed by atoms with Crippen molar-refractivity contribution in [2.24, 2.45) is 5.41 Å². The first-order chi connectivity index (χ1) is 7.64. The van der Waals surface area contributed by atoms with Gasteiger partial charge in [0, 0.05) is 11.5 Å². The zero-order chi connectivity index (χ0) is 11.6. The third kappa shape index (κ3) is 2.43. The van der Waals surface area contributed by atoms with Crippen LogP contribution in [0.25, 0.3) is 0 Å². The lowest BCUT2D eigenvalue weighted by Gasteiger charge is -2.53. The van der Waals surface area contributed by atoms with E-state index < -0.39 is 0 Å². The molecule has 2 rings (SSSR count). The summed E-state index contributed by atoms with van der Waals surface area (Å²) in [5.74, 6) is 0. The fraction of sp³-hybridized carbons (Fsp3) is 1.00. The molecule has 0 aromatic rings. The topological polar surface area (TPSA) is 21.3 Å². The molecule has 0 spiro atoms. The van der Waals surface area contributed by atoms with Crippen LogP contribution in [0.1, 0.15) is 59.3 Å². The Morgan fingerprint density at radius 2 is 1.88 bits per heavy atom. The maximum absolute atomic E-state index is 6.28. The van der Waals surface area contributed by atoms with Gasteiger partial charge in [0.05, 0.1) is 12.2 Å². The highest BCUT2D eigenvalue weighted by Gasteiger charge is 2.49. The summed E-state index contributed by atoms with van der Waals surface area (Å²) >= 11 is 0. The van der Waals surface area contributed by atoms with Gasteiger partial charge < -0.3 is 10.1 Å². The molecule has 2 atom stereocenters.